The van der Waals surface area contributed by atoms with Crippen molar-refractivity contribution in [2.75, 3.05) is 6.54 Å². The van der Waals surface area contributed by atoms with Crippen LogP contribution in [0.1, 0.15) is 6.92 Å². The van der Waals surface area contributed by atoms with Crippen LogP contribution in [0.3, 0.4) is 0 Å². The predicted octanol–water partition coefficient (Wildman–Crippen LogP) is 0.000400. The maximum absolute atomic E-state index is 13.6. The molecule has 0 radical (unpaired) electrons. The van der Waals surface area contributed by atoms with E-state index in [1.54, 1.807) is 0 Å². The molecule has 1 aliphatic heterocycles. The number of nitrogens with zero attached hydrogens (tertiary/aromatic N) is 1. The molecule has 1 saturated heterocycles. The van der Waals surface area contributed by atoms with E-state index in [2.05, 4.69) is 0 Å². The van der Waals surface area contributed by atoms with Crippen LogP contribution in [0.5, 0.6) is 0 Å². The molecule has 0 saturated carbocycles. The van der Waals surface area contributed by atoms with Crippen LogP contribution in [0, 0.1) is 11.6 Å². The molecule has 20 heavy (non-hydrogen) atoms. The van der Waals surface area contributed by atoms with E-state index in [1.165, 1.54) is 6.92 Å². The van der Waals surface area contributed by atoms with Crippen LogP contribution in [0.25, 0.3) is 0 Å². The molecule has 1 unspecified atom stereocenters. The van der Waals surface area contributed by atoms with Crippen molar-refractivity contribution < 1.29 is 26.8 Å². The Bertz CT molecular complexity index is 690. The summed E-state index contributed by atoms with van der Waals surface area (Å²) in [6, 6.07) is 0.793. The summed E-state index contributed by atoms with van der Waals surface area (Å²) >= 11 is 0. The molecule has 1 aromatic rings. The highest BCUT2D eigenvalue weighted by molar-refractivity contribution is 7.89. The van der Waals surface area contributed by atoms with Crippen LogP contribution in [-0.4, -0.2) is 37.1 Å². The van der Waals surface area contributed by atoms with Crippen molar-refractivity contribution in [3.8, 4) is 0 Å². The molecule has 0 bridgehead atoms. The Labute approximate surface area is 113 Å². The zero-order valence-corrected chi connectivity index (χ0v) is 11.1. The third-order valence-corrected chi connectivity index (χ3v) is 4.80. The minimum absolute atomic E-state index is 0.420. The molecular formula is C11H10F2N2O4S. The number of halogens is 2. The zero-order chi connectivity index (χ0) is 15.1. The molecular weight excluding hydrogens is 294 g/mol. The number of nitrogens with one attached hydrogen (secondary N) is 1. The van der Waals surface area contributed by atoms with Crippen molar-refractivity contribution >= 4 is 21.8 Å². The number of hydrogen-bond acceptors (Lipinski definition) is 4. The zero-order valence-electron chi connectivity index (χ0n) is 10.3. The highest BCUT2D eigenvalue weighted by atomic mass is 32.2. The van der Waals surface area contributed by atoms with Gasteiger partial charge in [0.1, 0.15) is 22.6 Å². The Morgan fingerprint density at radius 2 is 1.95 bits per heavy atom. The lowest BCUT2D eigenvalue weighted by Gasteiger charge is -2.30. The van der Waals surface area contributed by atoms with Gasteiger partial charge in [0.15, 0.2) is 0 Å². The Kier molecular flexibility index (Phi) is 3.57. The van der Waals surface area contributed by atoms with Crippen molar-refractivity contribution in [3.63, 3.8) is 0 Å². The molecule has 9 heteroatoms. The van der Waals surface area contributed by atoms with Crippen molar-refractivity contribution in [2.24, 2.45) is 0 Å². The molecule has 0 aromatic heterocycles. The van der Waals surface area contributed by atoms with E-state index in [0.29, 0.717) is 10.4 Å². The van der Waals surface area contributed by atoms with E-state index in [1.807, 2.05) is 5.32 Å². The Balaban J connectivity index is 2.48. The Morgan fingerprint density at radius 3 is 2.55 bits per heavy atom. The molecule has 2 amide bonds. The van der Waals surface area contributed by atoms with Crippen LogP contribution in [0.15, 0.2) is 23.1 Å². The number of sulfonamides is 1. The van der Waals surface area contributed by atoms with Gasteiger partial charge in [-0.2, -0.15) is 4.31 Å². The van der Waals surface area contributed by atoms with E-state index in [4.69, 9.17) is 0 Å². The SMILES string of the molecule is CC1C(=O)NC(=O)CN1S(=O)(=O)c1ccc(F)cc1F. The third-order valence-electron chi connectivity index (χ3n) is 2.85. The van der Waals surface area contributed by atoms with Gasteiger partial charge in [-0.15, -0.1) is 0 Å². The molecule has 1 aliphatic rings. The van der Waals surface area contributed by atoms with Gasteiger partial charge in [-0.1, -0.05) is 0 Å². The topological polar surface area (TPSA) is 83.6 Å². The average molecular weight is 304 g/mol. The Hall–Kier alpha value is -1.87. The normalized spacial score (nSPS) is 20.9. The molecule has 1 fully saturated rings. The molecule has 1 aromatic carbocycles. The van der Waals surface area contributed by atoms with Gasteiger partial charge in [0, 0.05) is 6.07 Å². The maximum Gasteiger partial charge on any atom is 0.247 e. The summed E-state index contributed by atoms with van der Waals surface area (Å²) in [6.45, 7) is 0.660. The number of carbonyl (C=O) groups is 2. The summed E-state index contributed by atoms with van der Waals surface area (Å²) in [7, 11) is -4.41. The monoisotopic (exact) mass is 304 g/mol. The standard InChI is InChI=1S/C11H10F2N2O4S/c1-6-11(17)14-10(16)5-15(6)20(18,19)9-3-2-7(12)4-8(9)13/h2-4,6H,5H2,1H3,(H,14,16,17). The average Bonchev–Trinajstić information content (AvgIpc) is 2.33. The van der Waals surface area contributed by atoms with Crippen molar-refractivity contribution in [1.29, 1.82) is 0 Å². The number of imide groups is 1. The summed E-state index contributed by atoms with van der Waals surface area (Å²) in [6.07, 6.45) is 0. The number of carbonyl (C=O) groups excluding carboxylic acids is 2. The highest BCUT2D eigenvalue weighted by Crippen LogP contribution is 2.23. The number of amides is 2. The van der Waals surface area contributed by atoms with Gasteiger partial charge in [0.05, 0.1) is 6.54 Å². The lowest BCUT2D eigenvalue weighted by molar-refractivity contribution is -0.136. The minimum Gasteiger partial charge on any atom is -0.294 e. The Morgan fingerprint density at radius 1 is 1.30 bits per heavy atom. The second kappa shape index (κ2) is 4.91. The van der Waals surface area contributed by atoms with Gasteiger partial charge in [-0.25, -0.2) is 17.2 Å². The van der Waals surface area contributed by atoms with Crippen molar-refractivity contribution in [2.45, 2.75) is 17.9 Å². The second-order valence-electron chi connectivity index (χ2n) is 4.21. The summed E-state index contributed by atoms with van der Waals surface area (Å²) in [5.74, 6) is -3.82. The van der Waals surface area contributed by atoms with E-state index in [0.717, 1.165) is 12.1 Å². The second-order valence-corrected chi connectivity index (χ2v) is 6.07. The number of benzene rings is 1. The van der Waals surface area contributed by atoms with Gasteiger partial charge < -0.3 is 0 Å². The van der Waals surface area contributed by atoms with E-state index >= 15 is 0 Å². The summed E-state index contributed by atoms with van der Waals surface area (Å²) in [4.78, 5) is 21.9. The van der Waals surface area contributed by atoms with Crippen LogP contribution in [0.2, 0.25) is 0 Å². The van der Waals surface area contributed by atoms with E-state index in [-0.39, 0.29) is 0 Å². The fraction of sp³-hybridized carbons (Fsp3) is 0.273. The quantitative estimate of drug-likeness (QED) is 0.780. The molecule has 108 valence electrons. The summed E-state index contributed by atoms with van der Waals surface area (Å²) in [5.41, 5.74) is 0. The molecule has 1 heterocycles. The molecule has 2 rings (SSSR count). The molecule has 1 atom stereocenters. The smallest absolute Gasteiger partial charge is 0.247 e. The fourth-order valence-electron chi connectivity index (χ4n) is 1.79. The van der Waals surface area contributed by atoms with Crippen molar-refractivity contribution in [1.82, 2.24) is 9.62 Å². The number of rotatable bonds is 2. The van der Waals surface area contributed by atoms with Crippen LogP contribution in [0.4, 0.5) is 8.78 Å². The lowest BCUT2D eigenvalue weighted by atomic mass is 10.2. The number of hydrogen-bond donors (Lipinski definition) is 1. The van der Waals surface area contributed by atoms with Gasteiger partial charge in [-0.3, -0.25) is 14.9 Å². The summed E-state index contributed by atoms with van der Waals surface area (Å²) in [5, 5.41) is 1.97. The molecule has 1 N–H and O–H groups in total. The van der Waals surface area contributed by atoms with E-state index in [9.17, 15) is 26.8 Å². The van der Waals surface area contributed by atoms with Crippen LogP contribution in [-0.2, 0) is 19.6 Å². The van der Waals surface area contributed by atoms with Crippen LogP contribution < -0.4 is 5.32 Å². The summed E-state index contributed by atoms with van der Waals surface area (Å²) < 4.78 is 51.5. The molecule has 0 aliphatic carbocycles. The number of piperazine rings is 1. The first-order valence-corrected chi connectivity index (χ1v) is 6.98. The van der Waals surface area contributed by atoms with Crippen molar-refractivity contribution in [3.05, 3.63) is 29.8 Å². The maximum atomic E-state index is 13.6. The first-order chi connectivity index (χ1) is 9.23. The van der Waals surface area contributed by atoms with Crippen LogP contribution >= 0.6 is 0 Å². The third kappa shape index (κ3) is 2.41. The van der Waals surface area contributed by atoms with E-state index < -0.39 is 51.0 Å². The molecule has 6 nitrogen and oxygen atoms in total. The highest BCUT2D eigenvalue weighted by Gasteiger charge is 2.40. The molecule has 0 spiro atoms. The lowest BCUT2D eigenvalue weighted by Crippen LogP contribution is -2.58. The van der Waals surface area contributed by atoms with Gasteiger partial charge in [0.25, 0.3) is 0 Å². The predicted molar refractivity (Wildman–Crippen MR) is 62.9 cm³/mol. The first-order valence-electron chi connectivity index (χ1n) is 5.54. The largest absolute Gasteiger partial charge is 0.294 e. The minimum atomic E-state index is -4.41. The van der Waals surface area contributed by atoms with Gasteiger partial charge in [-0.05, 0) is 19.1 Å². The fourth-order valence-corrected chi connectivity index (χ4v) is 3.39. The first kappa shape index (κ1) is 14.5. The van der Waals surface area contributed by atoms with Gasteiger partial charge >= 0.3 is 0 Å². The van der Waals surface area contributed by atoms with Gasteiger partial charge in [0.2, 0.25) is 21.8 Å².